The fourth-order valence-corrected chi connectivity index (χ4v) is 2.44. The SMILES string of the molecule is COc1cc(NCC2CN(C)CCO2)c(OC)cc1Cl. The molecule has 1 saturated heterocycles. The van der Waals surface area contributed by atoms with Crippen molar-refractivity contribution in [3.8, 4) is 11.5 Å². The second-order valence-electron chi connectivity index (χ2n) is 4.82. The van der Waals surface area contributed by atoms with Crippen molar-refractivity contribution in [3.05, 3.63) is 17.2 Å². The van der Waals surface area contributed by atoms with E-state index < -0.39 is 0 Å². The summed E-state index contributed by atoms with van der Waals surface area (Å²) >= 11 is 6.08. The maximum Gasteiger partial charge on any atom is 0.143 e. The van der Waals surface area contributed by atoms with Gasteiger partial charge in [-0.15, -0.1) is 0 Å². The zero-order valence-electron chi connectivity index (χ0n) is 12.1. The molecule has 1 aliphatic rings. The maximum absolute atomic E-state index is 6.08. The smallest absolute Gasteiger partial charge is 0.143 e. The number of benzene rings is 1. The number of methoxy groups -OCH3 is 2. The molecule has 1 N–H and O–H groups in total. The van der Waals surface area contributed by atoms with Crippen LogP contribution in [-0.2, 0) is 4.74 Å². The number of nitrogens with zero attached hydrogens (tertiary/aromatic N) is 1. The lowest BCUT2D eigenvalue weighted by Crippen LogP contribution is -2.43. The quantitative estimate of drug-likeness (QED) is 0.902. The van der Waals surface area contributed by atoms with Crippen LogP contribution in [0.4, 0.5) is 5.69 Å². The molecule has 1 unspecified atom stereocenters. The predicted octanol–water partition coefficient (Wildman–Crippen LogP) is 2.10. The van der Waals surface area contributed by atoms with Gasteiger partial charge in [0.1, 0.15) is 11.5 Å². The highest BCUT2D eigenvalue weighted by molar-refractivity contribution is 6.32. The van der Waals surface area contributed by atoms with Gasteiger partial charge >= 0.3 is 0 Å². The summed E-state index contributed by atoms with van der Waals surface area (Å²) in [7, 11) is 5.31. The molecule has 0 aliphatic carbocycles. The Kier molecular flexibility index (Phi) is 5.34. The van der Waals surface area contributed by atoms with Gasteiger partial charge in [-0.3, -0.25) is 0 Å². The largest absolute Gasteiger partial charge is 0.495 e. The van der Waals surface area contributed by atoms with E-state index >= 15 is 0 Å². The molecule has 1 fully saturated rings. The first-order chi connectivity index (χ1) is 9.63. The third-order valence-electron chi connectivity index (χ3n) is 3.34. The first kappa shape index (κ1) is 15.2. The fraction of sp³-hybridized carbons (Fsp3) is 0.571. The Morgan fingerprint density at radius 3 is 2.75 bits per heavy atom. The number of hydrogen-bond acceptors (Lipinski definition) is 5. The summed E-state index contributed by atoms with van der Waals surface area (Å²) in [4.78, 5) is 2.26. The zero-order chi connectivity index (χ0) is 14.5. The van der Waals surface area contributed by atoms with E-state index in [0.29, 0.717) is 23.1 Å². The molecule has 1 atom stereocenters. The van der Waals surface area contributed by atoms with E-state index in [1.54, 1.807) is 20.3 Å². The van der Waals surface area contributed by atoms with E-state index in [1.807, 2.05) is 6.07 Å². The summed E-state index contributed by atoms with van der Waals surface area (Å²) in [6.07, 6.45) is 0.167. The number of anilines is 1. The van der Waals surface area contributed by atoms with Crippen molar-refractivity contribution in [2.45, 2.75) is 6.10 Å². The van der Waals surface area contributed by atoms with Crippen LogP contribution in [0.15, 0.2) is 12.1 Å². The third kappa shape index (κ3) is 3.69. The first-order valence-corrected chi connectivity index (χ1v) is 6.97. The Morgan fingerprint density at radius 2 is 2.10 bits per heavy atom. The number of halogens is 1. The van der Waals surface area contributed by atoms with Crippen LogP contribution in [0, 0.1) is 0 Å². The van der Waals surface area contributed by atoms with Crippen LogP contribution in [-0.4, -0.2) is 58.5 Å². The van der Waals surface area contributed by atoms with Crippen molar-refractivity contribution in [1.29, 1.82) is 0 Å². The monoisotopic (exact) mass is 300 g/mol. The highest BCUT2D eigenvalue weighted by Crippen LogP contribution is 2.35. The van der Waals surface area contributed by atoms with Gasteiger partial charge in [-0.1, -0.05) is 11.6 Å². The maximum atomic E-state index is 6.08. The van der Waals surface area contributed by atoms with Gasteiger partial charge in [-0.25, -0.2) is 0 Å². The van der Waals surface area contributed by atoms with Gasteiger partial charge in [0.2, 0.25) is 0 Å². The highest BCUT2D eigenvalue weighted by atomic mass is 35.5. The molecule has 6 heteroatoms. The van der Waals surface area contributed by atoms with Gasteiger partial charge in [0.05, 0.1) is 37.6 Å². The molecule has 5 nitrogen and oxygen atoms in total. The van der Waals surface area contributed by atoms with Gasteiger partial charge < -0.3 is 24.4 Å². The number of ether oxygens (including phenoxy) is 3. The Balaban J connectivity index is 2.04. The number of morpholine rings is 1. The van der Waals surface area contributed by atoms with Crippen LogP contribution >= 0.6 is 11.6 Å². The summed E-state index contributed by atoms with van der Waals surface area (Å²) in [6.45, 7) is 3.38. The van der Waals surface area contributed by atoms with Crippen molar-refractivity contribution in [1.82, 2.24) is 4.90 Å². The number of hydrogen-bond donors (Lipinski definition) is 1. The molecule has 20 heavy (non-hydrogen) atoms. The molecule has 0 radical (unpaired) electrons. The molecule has 1 heterocycles. The fourth-order valence-electron chi connectivity index (χ4n) is 2.21. The van der Waals surface area contributed by atoms with E-state index in [1.165, 1.54) is 0 Å². The molecular weight excluding hydrogens is 280 g/mol. The molecule has 1 aromatic rings. The summed E-state index contributed by atoms with van der Waals surface area (Å²) in [5.74, 6) is 1.32. The van der Waals surface area contributed by atoms with Crippen molar-refractivity contribution in [2.75, 3.05) is 52.8 Å². The Morgan fingerprint density at radius 1 is 1.35 bits per heavy atom. The van der Waals surface area contributed by atoms with Crippen LogP contribution in [0.1, 0.15) is 0 Å². The molecule has 0 aromatic heterocycles. The Bertz CT molecular complexity index is 456. The van der Waals surface area contributed by atoms with E-state index in [2.05, 4.69) is 17.3 Å². The van der Waals surface area contributed by atoms with E-state index in [9.17, 15) is 0 Å². The van der Waals surface area contributed by atoms with Gasteiger partial charge in [0.15, 0.2) is 0 Å². The molecule has 1 aliphatic heterocycles. The van der Waals surface area contributed by atoms with Crippen molar-refractivity contribution < 1.29 is 14.2 Å². The van der Waals surface area contributed by atoms with Crippen LogP contribution in [0.25, 0.3) is 0 Å². The van der Waals surface area contributed by atoms with Crippen molar-refractivity contribution >= 4 is 17.3 Å². The van der Waals surface area contributed by atoms with E-state index in [4.69, 9.17) is 25.8 Å². The minimum atomic E-state index is 0.167. The van der Waals surface area contributed by atoms with Crippen LogP contribution in [0.3, 0.4) is 0 Å². The lowest BCUT2D eigenvalue weighted by atomic mass is 10.2. The van der Waals surface area contributed by atoms with E-state index in [0.717, 1.165) is 25.4 Å². The second kappa shape index (κ2) is 7.02. The topological polar surface area (TPSA) is 43.0 Å². The molecule has 0 saturated carbocycles. The minimum absolute atomic E-state index is 0.167. The van der Waals surface area contributed by atoms with Crippen LogP contribution in [0.5, 0.6) is 11.5 Å². The van der Waals surface area contributed by atoms with Crippen LogP contribution in [0.2, 0.25) is 5.02 Å². The number of rotatable bonds is 5. The van der Waals surface area contributed by atoms with E-state index in [-0.39, 0.29) is 6.10 Å². The predicted molar refractivity (Wildman–Crippen MR) is 80.3 cm³/mol. The van der Waals surface area contributed by atoms with Crippen LogP contribution < -0.4 is 14.8 Å². The third-order valence-corrected chi connectivity index (χ3v) is 3.63. The zero-order valence-corrected chi connectivity index (χ0v) is 12.9. The summed E-state index contributed by atoms with van der Waals surface area (Å²) in [5.41, 5.74) is 0.852. The molecular formula is C14H21ClN2O3. The average molecular weight is 301 g/mol. The standard InChI is InChI=1S/C14H21ClN2O3/c1-17-4-5-20-10(9-17)8-16-12-7-13(18-2)11(15)6-14(12)19-3/h6-7,10,16H,4-5,8-9H2,1-3H3. The Labute approximate surface area is 124 Å². The average Bonchev–Trinajstić information content (AvgIpc) is 2.45. The molecule has 1 aromatic carbocycles. The molecule has 2 rings (SSSR count). The molecule has 0 amide bonds. The van der Waals surface area contributed by atoms with Gasteiger partial charge in [-0.05, 0) is 7.05 Å². The van der Waals surface area contributed by atoms with Crippen molar-refractivity contribution in [2.24, 2.45) is 0 Å². The minimum Gasteiger partial charge on any atom is -0.495 e. The molecule has 112 valence electrons. The number of nitrogens with one attached hydrogen (secondary N) is 1. The highest BCUT2D eigenvalue weighted by Gasteiger charge is 2.18. The van der Waals surface area contributed by atoms with Gasteiger partial charge in [-0.2, -0.15) is 0 Å². The number of likely N-dealkylation sites (N-methyl/N-ethyl adjacent to an activating group) is 1. The summed E-state index contributed by atoms with van der Waals surface area (Å²) < 4.78 is 16.3. The van der Waals surface area contributed by atoms with Crippen molar-refractivity contribution in [3.63, 3.8) is 0 Å². The normalized spacial score (nSPS) is 19.7. The second-order valence-corrected chi connectivity index (χ2v) is 5.23. The summed E-state index contributed by atoms with van der Waals surface area (Å²) in [6, 6.07) is 3.59. The first-order valence-electron chi connectivity index (χ1n) is 6.59. The molecule has 0 spiro atoms. The van der Waals surface area contributed by atoms with Gasteiger partial charge in [0.25, 0.3) is 0 Å². The Hall–Kier alpha value is -1.17. The molecule has 0 bridgehead atoms. The van der Waals surface area contributed by atoms with Gasteiger partial charge in [0, 0.05) is 31.8 Å². The lowest BCUT2D eigenvalue weighted by Gasteiger charge is -2.30. The summed E-state index contributed by atoms with van der Waals surface area (Å²) in [5, 5.41) is 3.87. The lowest BCUT2D eigenvalue weighted by molar-refractivity contribution is -0.0117.